The van der Waals surface area contributed by atoms with E-state index in [9.17, 15) is 9.59 Å². The van der Waals surface area contributed by atoms with Gasteiger partial charge in [-0.3, -0.25) is 4.79 Å². The van der Waals surface area contributed by atoms with E-state index in [0.717, 1.165) is 17.5 Å². The number of carbonyl (C=O) groups excluding carboxylic acids is 2. The number of benzene rings is 2. The Morgan fingerprint density at radius 2 is 2.07 bits per heavy atom. The first-order valence-electron chi connectivity index (χ1n) is 9.00. The highest BCUT2D eigenvalue weighted by atomic mass is 16.6. The van der Waals surface area contributed by atoms with Crippen LogP contribution in [0.4, 0.5) is 0 Å². The SMILES string of the molecule is Cc1cccc(/C=C2\Oc3cc(OC(=O)C4CCCO4)cc(C)c3C2=O)c1. The van der Waals surface area contributed by atoms with Gasteiger partial charge in [-0.15, -0.1) is 0 Å². The molecule has 2 aliphatic rings. The maximum absolute atomic E-state index is 12.7. The van der Waals surface area contributed by atoms with Crippen molar-refractivity contribution in [1.29, 1.82) is 0 Å². The Morgan fingerprint density at radius 3 is 2.81 bits per heavy atom. The molecule has 0 bridgehead atoms. The molecule has 0 N–H and O–H groups in total. The summed E-state index contributed by atoms with van der Waals surface area (Å²) < 4.78 is 16.6. The lowest BCUT2D eigenvalue weighted by atomic mass is 10.0. The number of ketones is 1. The van der Waals surface area contributed by atoms with Crippen LogP contribution in [0.15, 0.2) is 42.2 Å². The van der Waals surface area contributed by atoms with Gasteiger partial charge in [0.1, 0.15) is 11.5 Å². The zero-order chi connectivity index (χ0) is 19.0. The lowest BCUT2D eigenvalue weighted by molar-refractivity contribution is -0.144. The molecule has 1 unspecified atom stereocenters. The third-order valence-corrected chi connectivity index (χ3v) is 4.69. The molecule has 0 aliphatic carbocycles. The van der Waals surface area contributed by atoms with Gasteiger partial charge in [0.15, 0.2) is 11.9 Å². The zero-order valence-electron chi connectivity index (χ0n) is 15.3. The first-order valence-corrected chi connectivity index (χ1v) is 9.00. The molecule has 1 atom stereocenters. The number of esters is 1. The Kier molecular flexibility index (Phi) is 4.54. The topological polar surface area (TPSA) is 61.8 Å². The number of rotatable bonds is 3. The third kappa shape index (κ3) is 3.51. The third-order valence-electron chi connectivity index (χ3n) is 4.69. The van der Waals surface area contributed by atoms with E-state index in [2.05, 4.69) is 0 Å². The van der Waals surface area contributed by atoms with Crippen molar-refractivity contribution in [2.45, 2.75) is 32.8 Å². The predicted octanol–water partition coefficient (Wildman–Crippen LogP) is 4.00. The Morgan fingerprint density at radius 1 is 1.22 bits per heavy atom. The molecule has 1 fully saturated rings. The first-order chi connectivity index (χ1) is 13.0. The molecule has 0 aromatic heterocycles. The second-order valence-corrected chi connectivity index (χ2v) is 6.89. The second-order valence-electron chi connectivity index (χ2n) is 6.89. The molecule has 138 valence electrons. The maximum atomic E-state index is 12.7. The monoisotopic (exact) mass is 364 g/mol. The molecule has 0 amide bonds. The molecule has 4 rings (SSSR count). The molecule has 2 aromatic rings. The van der Waals surface area contributed by atoms with Crippen molar-refractivity contribution >= 4 is 17.8 Å². The summed E-state index contributed by atoms with van der Waals surface area (Å²) in [4.78, 5) is 24.9. The maximum Gasteiger partial charge on any atom is 0.340 e. The molecule has 0 saturated carbocycles. The quantitative estimate of drug-likeness (QED) is 0.468. The number of aryl methyl sites for hydroxylation is 2. The van der Waals surface area contributed by atoms with Crippen LogP contribution < -0.4 is 9.47 Å². The number of Topliss-reactive ketones (excluding diaryl/α,β-unsaturated/α-hetero) is 1. The van der Waals surface area contributed by atoms with E-state index in [-0.39, 0.29) is 11.5 Å². The molecule has 27 heavy (non-hydrogen) atoms. The van der Waals surface area contributed by atoms with E-state index < -0.39 is 12.1 Å². The van der Waals surface area contributed by atoms with Gasteiger partial charge < -0.3 is 14.2 Å². The highest BCUT2D eigenvalue weighted by molar-refractivity contribution is 6.15. The largest absolute Gasteiger partial charge is 0.452 e. The van der Waals surface area contributed by atoms with Crippen molar-refractivity contribution in [2.24, 2.45) is 0 Å². The fourth-order valence-corrected chi connectivity index (χ4v) is 3.39. The second kappa shape index (κ2) is 7.00. The molecule has 5 heteroatoms. The van der Waals surface area contributed by atoms with Crippen LogP contribution in [0.3, 0.4) is 0 Å². The highest BCUT2D eigenvalue weighted by Gasteiger charge is 2.31. The van der Waals surface area contributed by atoms with E-state index in [0.29, 0.717) is 35.7 Å². The number of hydrogen-bond acceptors (Lipinski definition) is 5. The van der Waals surface area contributed by atoms with Gasteiger partial charge in [0.2, 0.25) is 5.78 Å². The molecule has 2 heterocycles. The van der Waals surface area contributed by atoms with Crippen molar-refractivity contribution in [2.75, 3.05) is 6.61 Å². The van der Waals surface area contributed by atoms with Crippen LogP contribution >= 0.6 is 0 Å². The van der Waals surface area contributed by atoms with Crippen molar-refractivity contribution in [1.82, 2.24) is 0 Å². The molecule has 5 nitrogen and oxygen atoms in total. The average Bonchev–Trinajstić information content (AvgIpc) is 3.24. The Bertz CT molecular complexity index is 951. The normalized spacial score (nSPS) is 19.9. The Hall–Kier alpha value is -2.92. The van der Waals surface area contributed by atoms with Crippen molar-refractivity contribution in [3.8, 4) is 11.5 Å². The molecular formula is C22H20O5. The minimum absolute atomic E-state index is 0.166. The van der Waals surface area contributed by atoms with Crippen LogP contribution in [-0.2, 0) is 9.53 Å². The van der Waals surface area contributed by atoms with Crippen molar-refractivity contribution in [3.05, 3.63) is 64.4 Å². The minimum atomic E-state index is -0.516. The Balaban J connectivity index is 1.59. The van der Waals surface area contributed by atoms with Gasteiger partial charge in [-0.05, 0) is 50.0 Å². The fourth-order valence-electron chi connectivity index (χ4n) is 3.39. The van der Waals surface area contributed by atoms with Crippen LogP contribution in [0, 0.1) is 13.8 Å². The number of carbonyl (C=O) groups is 2. The van der Waals surface area contributed by atoms with Crippen LogP contribution in [0.25, 0.3) is 6.08 Å². The summed E-state index contributed by atoms with van der Waals surface area (Å²) >= 11 is 0. The minimum Gasteiger partial charge on any atom is -0.452 e. The van der Waals surface area contributed by atoms with Gasteiger partial charge in [-0.25, -0.2) is 4.79 Å². The average molecular weight is 364 g/mol. The van der Waals surface area contributed by atoms with Gasteiger partial charge in [0.25, 0.3) is 0 Å². The van der Waals surface area contributed by atoms with Crippen molar-refractivity contribution < 1.29 is 23.8 Å². The lowest BCUT2D eigenvalue weighted by Gasteiger charge is -2.11. The Labute approximate surface area is 157 Å². The summed E-state index contributed by atoms with van der Waals surface area (Å²) in [6.07, 6.45) is 2.74. The lowest BCUT2D eigenvalue weighted by Crippen LogP contribution is -2.24. The summed E-state index contributed by atoms with van der Waals surface area (Å²) in [5.41, 5.74) is 3.21. The molecule has 2 aromatic carbocycles. The van der Waals surface area contributed by atoms with Crippen LogP contribution in [-0.4, -0.2) is 24.5 Å². The van der Waals surface area contributed by atoms with Crippen molar-refractivity contribution in [3.63, 3.8) is 0 Å². The standard InChI is InChI=1S/C22H20O5/c1-13-5-3-6-15(9-13)11-19-21(23)20-14(2)10-16(12-18(20)27-19)26-22(24)17-7-4-8-25-17/h3,5-6,9-12,17H,4,7-8H2,1-2H3/b19-11-. The molecular weight excluding hydrogens is 344 g/mol. The highest BCUT2D eigenvalue weighted by Crippen LogP contribution is 2.37. The zero-order valence-corrected chi connectivity index (χ0v) is 15.3. The molecule has 0 radical (unpaired) electrons. The van der Waals surface area contributed by atoms with Crippen LogP contribution in [0.1, 0.15) is 39.9 Å². The van der Waals surface area contributed by atoms with E-state index in [1.165, 1.54) is 0 Å². The van der Waals surface area contributed by atoms with E-state index in [1.807, 2.05) is 31.2 Å². The van der Waals surface area contributed by atoms with E-state index in [4.69, 9.17) is 14.2 Å². The van der Waals surface area contributed by atoms with Gasteiger partial charge in [0, 0.05) is 12.7 Å². The summed E-state index contributed by atoms with van der Waals surface area (Å²) in [5.74, 6) is 0.458. The predicted molar refractivity (Wildman–Crippen MR) is 99.9 cm³/mol. The fraction of sp³-hybridized carbons (Fsp3) is 0.273. The summed E-state index contributed by atoms with van der Waals surface area (Å²) in [6.45, 7) is 4.37. The van der Waals surface area contributed by atoms with Crippen LogP contribution in [0.5, 0.6) is 11.5 Å². The summed E-state index contributed by atoms with van der Waals surface area (Å²) in [7, 11) is 0. The van der Waals surface area contributed by atoms with Crippen LogP contribution in [0.2, 0.25) is 0 Å². The number of hydrogen-bond donors (Lipinski definition) is 0. The number of ether oxygens (including phenoxy) is 3. The van der Waals surface area contributed by atoms with Gasteiger partial charge >= 0.3 is 5.97 Å². The van der Waals surface area contributed by atoms with E-state index in [1.54, 1.807) is 25.1 Å². The van der Waals surface area contributed by atoms with Gasteiger partial charge in [0.05, 0.1) is 5.56 Å². The molecule has 2 aliphatic heterocycles. The molecule has 1 saturated heterocycles. The smallest absolute Gasteiger partial charge is 0.340 e. The molecule has 0 spiro atoms. The number of allylic oxidation sites excluding steroid dienone is 1. The van der Waals surface area contributed by atoms with Gasteiger partial charge in [-0.2, -0.15) is 0 Å². The van der Waals surface area contributed by atoms with Gasteiger partial charge in [-0.1, -0.05) is 29.8 Å². The summed E-state index contributed by atoms with van der Waals surface area (Å²) in [6, 6.07) is 11.1. The summed E-state index contributed by atoms with van der Waals surface area (Å²) in [5, 5.41) is 0. The number of fused-ring (bicyclic) bond motifs is 1. The first kappa shape index (κ1) is 17.5. The van der Waals surface area contributed by atoms with E-state index >= 15 is 0 Å².